The molecule has 1 aliphatic carbocycles. The maximum atomic E-state index is 13.1. The van der Waals surface area contributed by atoms with Gasteiger partial charge in [0.05, 0.1) is 0 Å². The molecule has 0 radical (unpaired) electrons. The van der Waals surface area contributed by atoms with Crippen molar-refractivity contribution in [1.29, 1.82) is 0 Å². The van der Waals surface area contributed by atoms with Crippen LogP contribution in [0.5, 0.6) is 0 Å². The minimum Gasteiger partial charge on any atom is -0.481 e. The van der Waals surface area contributed by atoms with E-state index >= 15 is 0 Å². The molecule has 0 unspecified atom stereocenters. The zero-order chi connectivity index (χ0) is 24.5. The molecule has 3 N–H and O–H groups in total. The quantitative estimate of drug-likeness (QED) is 0.452. The van der Waals surface area contributed by atoms with Crippen LogP contribution in [0.25, 0.3) is 0 Å². The topological polar surface area (TPSA) is 131 Å². The Morgan fingerprint density at radius 2 is 1.44 bits per heavy atom. The smallest absolute Gasteiger partial charge is 0.408 e. The molecule has 0 heterocycles. The van der Waals surface area contributed by atoms with E-state index in [1.807, 2.05) is 0 Å². The summed E-state index contributed by atoms with van der Waals surface area (Å²) >= 11 is 0. The molecule has 0 bridgehead atoms. The van der Waals surface area contributed by atoms with E-state index in [0.29, 0.717) is 6.42 Å². The summed E-state index contributed by atoms with van der Waals surface area (Å²) in [6, 6.07) is -2.03. The molecule has 1 aliphatic rings. The highest BCUT2D eigenvalue weighted by Crippen LogP contribution is 2.27. The second kappa shape index (κ2) is 12.1. The van der Waals surface area contributed by atoms with Gasteiger partial charge in [0.15, 0.2) is 0 Å². The van der Waals surface area contributed by atoms with Crippen molar-refractivity contribution in [3.63, 3.8) is 0 Å². The number of hydrogen-bond donors (Lipinski definition) is 3. The molecule has 2 atom stereocenters. The predicted octanol–water partition coefficient (Wildman–Crippen LogP) is 3.54. The van der Waals surface area contributed by atoms with Crippen LogP contribution in [0.1, 0.15) is 92.9 Å². The Balaban J connectivity index is 2.96. The molecule has 1 fully saturated rings. The molecule has 0 saturated heterocycles. The van der Waals surface area contributed by atoms with Gasteiger partial charge in [0.25, 0.3) is 0 Å². The lowest BCUT2D eigenvalue weighted by Gasteiger charge is -2.29. The van der Waals surface area contributed by atoms with Crippen LogP contribution in [-0.4, -0.2) is 52.3 Å². The Hall–Kier alpha value is -2.32. The maximum absolute atomic E-state index is 13.1. The number of ether oxygens (including phenoxy) is 2. The normalized spacial score (nSPS) is 17.1. The summed E-state index contributed by atoms with van der Waals surface area (Å²) in [6.07, 6.45) is 4.52. The van der Waals surface area contributed by atoms with Crippen LogP contribution in [-0.2, 0) is 23.9 Å². The molecule has 9 heteroatoms. The number of carbonyl (C=O) groups is 4. The zero-order valence-corrected chi connectivity index (χ0v) is 20.3. The lowest BCUT2D eigenvalue weighted by atomic mass is 9.84. The van der Waals surface area contributed by atoms with Gasteiger partial charge in [-0.2, -0.15) is 0 Å². The molecular weight excluding hydrogens is 416 g/mol. The van der Waals surface area contributed by atoms with Crippen molar-refractivity contribution in [1.82, 2.24) is 10.6 Å². The average Bonchev–Trinajstić information content (AvgIpc) is 2.62. The van der Waals surface area contributed by atoms with Gasteiger partial charge >= 0.3 is 18.0 Å². The molecule has 2 amide bonds. The van der Waals surface area contributed by atoms with E-state index in [1.165, 1.54) is 0 Å². The summed E-state index contributed by atoms with van der Waals surface area (Å²) in [5.41, 5.74) is -1.52. The minimum atomic E-state index is -1.13. The molecule has 0 aromatic heterocycles. The van der Waals surface area contributed by atoms with Crippen molar-refractivity contribution in [2.24, 2.45) is 5.92 Å². The highest BCUT2D eigenvalue weighted by atomic mass is 16.6. The third kappa shape index (κ3) is 11.9. The van der Waals surface area contributed by atoms with Gasteiger partial charge in [-0.25, -0.2) is 9.59 Å². The third-order valence-electron chi connectivity index (χ3n) is 4.96. The Morgan fingerprint density at radius 1 is 0.875 bits per heavy atom. The van der Waals surface area contributed by atoms with E-state index in [9.17, 15) is 19.2 Å². The second-order valence-electron chi connectivity index (χ2n) is 10.5. The molecule has 0 spiro atoms. The van der Waals surface area contributed by atoms with Gasteiger partial charge < -0.3 is 25.2 Å². The number of carboxylic acid groups (broad SMARTS) is 1. The van der Waals surface area contributed by atoms with Gasteiger partial charge in [-0.3, -0.25) is 9.59 Å². The fourth-order valence-electron chi connectivity index (χ4n) is 3.60. The van der Waals surface area contributed by atoms with E-state index in [2.05, 4.69) is 10.6 Å². The van der Waals surface area contributed by atoms with Gasteiger partial charge in [0.1, 0.15) is 23.3 Å². The average molecular weight is 457 g/mol. The molecule has 0 aliphatic heterocycles. The summed E-state index contributed by atoms with van der Waals surface area (Å²) in [7, 11) is 0. The first-order chi connectivity index (χ1) is 14.7. The fraction of sp³-hybridized carbons (Fsp3) is 0.826. The number of carbonyl (C=O) groups excluding carboxylic acids is 3. The lowest BCUT2D eigenvalue weighted by molar-refractivity contribution is -0.159. The first-order valence-electron chi connectivity index (χ1n) is 11.4. The number of rotatable bonds is 9. The second-order valence-corrected chi connectivity index (χ2v) is 10.5. The summed E-state index contributed by atoms with van der Waals surface area (Å²) in [5.74, 6) is -2.07. The monoisotopic (exact) mass is 456 g/mol. The number of esters is 1. The Morgan fingerprint density at radius 3 is 1.94 bits per heavy atom. The van der Waals surface area contributed by atoms with Crippen LogP contribution < -0.4 is 10.6 Å². The summed E-state index contributed by atoms with van der Waals surface area (Å²) in [5, 5.41) is 14.3. The first kappa shape index (κ1) is 27.7. The molecular formula is C23H40N2O7. The third-order valence-corrected chi connectivity index (χ3v) is 4.96. The number of aliphatic carboxylic acids is 1. The standard InChI is InChI=1S/C23H40N2O7/c1-22(2,3)31-20(29)16(12-13-18(26)27)24-19(28)17(14-15-10-8-7-9-11-15)25-21(30)32-23(4,5)6/h15-17H,7-14H2,1-6H3,(H,24,28)(H,25,30)(H,26,27)/t16-,17+/m1/s1. The van der Waals surface area contributed by atoms with Crippen LogP contribution in [0.3, 0.4) is 0 Å². The van der Waals surface area contributed by atoms with E-state index in [1.54, 1.807) is 41.5 Å². The Labute approximate surface area is 191 Å². The van der Waals surface area contributed by atoms with Crippen LogP contribution in [0.2, 0.25) is 0 Å². The van der Waals surface area contributed by atoms with Gasteiger partial charge in [-0.15, -0.1) is 0 Å². The number of amides is 2. The van der Waals surface area contributed by atoms with Crippen molar-refractivity contribution < 1.29 is 33.8 Å². The number of nitrogens with one attached hydrogen (secondary N) is 2. The highest BCUT2D eigenvalue weighted by Gasteiger charge is 2.32. The van der Waals surface area contributed by atoms with Crippen molar-refractivity contribution in [3.8, 4) is 0 Å². The summed E-state index contributed by atoms with van der Waals surface area (Å²) in [4.78, 5) is 49.1. The van der Waals surface area contributed by atoms with Crippen molar-refractivity contribution in [2.45, 2.75) is 116 Å². The molecule has 9 nitrogen and oxygen atoms in total. The van der Waals surface area contributed by atoms with E-state index < -0.39 is 47.2 Å². The fourth-order valence-corrected chi connectivity index (χ4v) is 3.60. The molecule has 32 heavy (non-hydrogen) atoms. The highest BCUT2D eigenvalue weighted by molar-refractivity contribution is 5.90. The first-order valence-corrected chi connectivity index (χ1v) is 11.4. The van der Waals surface area contributed by atoms with Crippen LogP contribution >= 0.6 is 0 Å². The Bertz CT molecular complexity index is 658. The lowest BCUT2D eigenvalue weighted by Crippen LogP contribution is -2.53. The largest absolute Gasteiger partial charge is 0.481 e. The number of hydrogen-bond acceptors (Lipinski definition) is 6. The number of alkyl carbamates (subject to hydrolysis) is 1. The van der Waals surface area contributed by atoms with Crippen molar-refractivity contribution in [2.75, 3.05) is 0 Å². The van der Waals surface area contributed by atoms with Crippen molar-refractivity contribution in [3.05, 3.63) is 0 Å². The van der Waals surface area contributed by atoms with Crippen LogP contribution in [0.4, 0.5) is 4.79 Å². The Kier molecular flexibility index (Phi) is 10.4. The van der Waals surface area contributed by atoms with Crippen molar-refractivity contribution >= 4 is 23.9 Å². The molecule has 0 aromatic rings. The number of carboxylic acids is 1. The maximum Gasteiger partial charge on any atom is 0.408 e. The van der Waals surface area contributed by atoms with Gasteiger partial charge in [-0.1, -0.05) is 32.1 Å². The van der Waals surface area contributed by atoms with E-state index in [-0.39, 0.29) is 18.8 Å². The zero-order valence-electron chi connectivity index (χ0n) is 20.3. The van der Waals surface area contributed by atoms with Crippen LogP contribution in [0, 0.1) is 5.92 Å². The van der Waals surface area contributed by atoms with Gasteiger partial charge in [0.2, 0.25) is 5.91 Å². The predicted molar refractivity (Wildman–Crippen MR) is 119 cm³/mol. The van der Waals surface area contributed by atoms with Gasteiger partial charge in [0, 0.05) is 6.42 Å². The SMILES string of the molecule is CC(C)(C)OC(=O)N[C@@H](CC1CCCCC1)C(=O)N[C@H](CCC(=O)O)C(=O)OC(C)(C)C. The van der Waals surface area contributed by atoms with E-state index in [4.69, 9.17) is 14.6 Å². The van der Waals surface area contributed by atoms with Gasteiger partial charge in [-0.05, 0) is 60.3 Å². The molecule has 1 saturated carbocycles. The summed E-state index contributed by atoms with van der Waals surface area (Å²) in [6.45, 7) is 10.3. The molecule has 1 rings (SSSR count). The molecule has 0 aromatic carbocycles. The van der Waals surface area contributed by atoms with Crippen LogP contribution in [0.15, 0.2) is 0 Å². The van der Waals surface area contributed by atoms with E-state index in [0.717, 1.165) is 32.1 Å². The minimum absolute atomic E-state index is 0.113. The summed E-state index contributed by atoms with van der Waals surface area (Å²) < 4.78 is 10.7. The molecule has 184 valence electrons.